The van der Waals surface area contributed by atoms with Crippen LogP contribution in [0.4, 0.5) is 0 Å². The van der Waals surface area contributed by atoms with E-state index < -0.39 is 0 Å². The van der Waals surface area contributed by atoms with Crippen LogP contribution in [0.15, 0.2) is 0 Å². The maximum Gasteiger partial charge on any atom is 0.304 e. The van der Waals surface area contributed by atoms with Crippen LogP contribution in [-0.4, -0.2) is 8.80 Å². The Morgan fingerprint density at radius 3 is 1.00 bits per heavy atom. The summed E-state index contributed by atoms with van der Waals surface area (Å²) in [6, 6.07) is 0. The van der Waals surface area contributed by atoms with Crippen LogP contribution in [0.2, 0.25) is 19.6 Å². The summed E-state index contributed by atoms with van der Waals surface area (Å²) in [5.74, 6) is 0. The molecule has 0 bridgehead atoms. The second-order valence-electron chi connectivity index (χ2n) is 1.50. The normalized spacial score (nSPS) is 5.40. The van der Waals surface area contributed by atoms with Crippen LogP contribution in [0.1, 0.15) is 0 Å². The summed E-state index contributed by atoms with van der Waals surface area (Å²) < 4.78 is 0. The summed E-state index contributed by atoms with van der Waals surface area (Å²) in [6.45, 7) is 6.81. The van der Waals surface area contributed by atoms with Gasteiger partial charge in [0.1, 0.15) is 0 Å². The van der Waals surface area contributed by atoms with Gasteiger partial charge in [0, 0.05) is 0 Å². The van der Waals surface area contributed by atoms with Gasteiger partial charge in [-0.05, 0) is 0 Å². The van der Waals surface area contributed by atoms with Crippen LogP contribution in [0.3, 0.4) is 0 Å². The van der Waals surface area contributed by atoms with Crippen molar-refractivity contribution in [1.82, 2.24) is 0 Å². The van der Waals surface area contributed by atoms with Crippen LogP contribution < -0.4 is 17.0 Å². The van der Waals surface area contributed by atoms with Crippen LogP contribution >= 0.6 is 0 Å². The largest absolute Gasteiger partial charge is 1.00 e. The summed E-state index contributed by atoms with van der Waals surface area (Å²) in [5.41, 5.74) is 0. The van der Waals surface area contributed by atoms with E-state index >= 15 is 0 Å². The zero-order valence-corrected chi connectivity index (χ0v) is 6.46. The van der Waals surface area contributed by atoms with Crippen molar-refractivity contribution in [2.75, 3.05) is 0 Å². The molecule has 0 aromatic rings. The summed E-state index contributed by atoms with van der Waals surface area (Å²) in [6.07, 6.45) is 0. The first-order chi connectivity index (χ1) is 1.73. The summed E-state index contributed by atoms with van der Waals surface area (Å²) in [4.78, 5) is 0. The minimum atomic E-state index is 0. The van der Waals surface area contributed by atoms with E-state index in [-0.39, 0.29) is 25.8 Å². The van der Waals surface area contributed by atoms with Crippen LogP contribution in [0.5, 0.6) is 0 Å². The molecule has 0 radical (unpaired) electrons. The fourth-order valence-corrected chi connectivity index (χ4v) is 0. The van der Waals surface area contributed by atoms with Gasteiger partial charge in [-0.15, -0.1) is 0 Å². The lowest BCUT2D eigenvalue weighted by molar-refractivity contribution is -0.00000112. The van der Waals surface area contributed by atoms with E-state index in [1.54, 1.807) is 0 Å². The number of halogens is 1. The van der Waals surface area contributed by atoms with Crippen molar-refractivity contribution < 1.29 is 17.0 Å². The predicted molar refractivity (Wildman–Crippen MR) is 23.3 cm³/mol. The van der Waals surface area contributed by atoms with Crippen LogP contribution in [-0.2, 0) is 0 Å². The Morgan fingerprint density at radius 1 is 1.00 bits per heavy atom. The van der Waals surface area contributed by atoms with Gasteiger partial charge < -0.3 is 17.0 Å². The monoisotopic (exact) mass is 152 g/mol. The van der Waals surface area contributed by atoms with E-state index in [0.717, 1.165) is 0 Å². The Balaban J connectivity index is 0. The Hall–Kier alpha value is 0.697. The summed E-state index contributed by atoms with van der Waals surface area (Å²) in [5, 5.41) is 0. The zero-order valence-electron chi connectivity index (χ0n) is 3.88. The van der Waals surface area contributed by atoms with Crippen molar-refractivity contribution in [3.05, 3.63) is 0 Å². The van der Waals surface area contributed by atoms with Gasteiger partial charge in [-0.2, -0.15) is 0 Å². The van der Waals surface area contributed by atoms with Crippen LogP contribution in [0.25, 0.3) is 0 Å². The molecule has 0 aliphatic rings. The van der Waals surface area contributed by atoms with Crippen molar-refractivity contribution >= 4 is 8.80 Å². The predicted octanol–water partition coefficient (Wildman–Crippen LogP) is -1.63. The third-order valence-electron chi connectivity index (χ3n) is 0. The smallest absolute Gasteiger partial charge is 0.304 e. The molecule has 0 fully saturated rings. The molecule has 0 unspecified atom stereocenters. The molecule has 32 valence electrons. The zero-order chi connectivity index (χ0) is 3.58. The molecule has 5 heavy (non-hydrogen) atoms. The molecule has 0 spiro atoms. The average molecular weight is 153 g/mol. The fraction of sp³-hybridized carbons (Fsp3) is 1.00. The lowest BCUT2D eigenvalue weighted by Crippen LogP contribution is -3.00. The number of hydrogen-bond acceptors (Lipinski definition) is 0. The highest BCUT2D eigenvalue weighted by Crippen LogP contribution is 1.68. The quantitative estimate of drug-likeness (QED) is 0.367. The van der Waals surface area contributed by atoms with Crippen molar-refractivity contribution in [3.8, 4) is 0 Å². The summed E-state index contributed by atoms with van der Waals surface area (Å²) >= 11 is 0. The molecular weight excluding hydrogens is 144 g/mol. The highest BCUT2D eigenvalue weighted by molar-refractivity contribution is 6.54. The topological polar surface area (TPSA) is 0 Å². The Morgan fingerprint density at radius 2 is 1.00 bits per heavy atom. The lowest BCUT2D eigenvalue weighted by atomic mass is 11.8. The van der Waals surface area contributed by atoms with Gasteiger partial charge >= 0.3 is 8.80 Å². The summed E-state index contributed by atoms with van der Waals surface area (Å²) in [7, 11) is 0.120. The van der Waals surface area contributed by atoms with E-state index in [2.05, 4.69) is 19.6 Å². The van der Waals surface area contributed by atoms with Crippen LogP contribution in [0, 0.1) is 0 Å². The molecule has 2 heteroatoms. The van der Waals surface area contributed by atoms with Gasteiger partial charge in [-0.25, -0.2) is 0 Å². The minimum Gasteiger partial charge on any atom is -1.00 e. The molecule has 0 rings (SSSR count). The lowest BCUT2D eigenvalue weighted by Gasteiger charge is -1.55. The minimum absolute atomic E-state index is 0. The van der Waals surface area contributed by atoms with Gasteiger partial charge in [0.05, 0.1) is 19.6 Å². The molecule has 0 N–H and O–H groups in total. The molecule has 0 amide bonds. The van der Waals surface area contributed by atoms with Crippen molar-refractivity contribution in [2.24, 2.45) is 0 Å². The van der Waals surface area contributed by atoms with Gasteiger partial charge in [0.15, 0.2) is 0 Å². The molecule has 0 aromatic heterocycles. The maximum atomic E-state index is 2.27. The highest BCUT2D eigenvalue weighted by atomic mass is 79.9. The molecule has 0 aromatic carbocycles. The second kappa shape index (κ2) is 4.70. The molecule has 0 aliphatic heterocycles. The SMILES string of the molecule is C[Si+](C)C.[Br-]. The van der Waals surface area contributed by atoms with E-state index in [1.165, 1.54) is 0 Å². The first-order valence-corrected chi connectivity index (χ1v) is 4.50. The Kier molecular flexibility index (Phi) is 8.64. The van der Waals surface area contributed by atoms with Gasteiger partial charge in [0.25, 0.3) is 0 Å². The van der Waals surface area contributed by atoms with Crippen molar-refractivity contribution in [2.45, 2.75) is 19.6 Å². The second-order valence-corrected chi connectivity index (χ2v) is 4.50. The standard InChI is InChI=1S/C3H9Si.BrH/c1-4(2)3;/h1-3H3;1H/q+1;/p-1. The van der Waals surface area contributed by atoms with E-state index in [4.69, 9.17) is 0 Å². The first kappa shape index (κ1) is 9.20. The third kappa shape index (κ3) is 70.3. The van der Waals surface area contributed by atoms with Gasteiger partial charge in [0.2, 0.25) is 0 Å². The molecule has 0 heterocycles. The highest BCUT2D eigenvalue weighted by Gasteiger charge is 1.92. The van der Waals surface area contributed by atoms with Gasteiger partial charge in [-0.3, -0.25) is 0 Å². The van der Waals surface area contributed by atoms with Gasteiger partial charge in [-0.1, -0.05) is 0 Å². The van der Waals surface area contributed by atoms with Crippen molar-refractivity contribution in [1.29, 1.82) is 0 Å². The molecule has 0 saturated heterocycles. The maximum absolute atomic E-state index is 2.27. The third-order valence-corrected chi connectivity index (χ3v) is 0. The molecule has 0 aliphatic carbocycles. The van der Waals surface area contributed by atoms with E-state index in [0.29, 0.717) is 0 Å². The fourth-order valence-electron chi connectivity index (χ4n) is 0. The molecule has 0 nitrogen and oxygen atoms in total. The first-order valence-electron chi connectivity index (χ1n) is 1.50. The molecular formula is C3H9BrSi. The number of hydrogen-bond donors (Lipinski definition) is 0. The van der Waals surface area contributed by atoms with Crippen molar-refractivity contribution in [3.63, 3.8) is 0 Å². The molecule has 0 saturated carbocycles. The Labute approximate surface area is 46.0 Å². The van der Waals surface area contributed by atoms with E-state index in [9.17, 15) is 0 Å². The average Bonchev–Trinajstić information content (AvgIpc) is 0.811. The number of rotatable bonds is 0. The Bertz CT molecular complexity index is 11.6. The molecule has 0 atom stereocenters. The van der Waals surface area contributed by atoms with E-state index in [1.807, 2.05) is 0 Å².